The molecule has 0 aromatic heterocycles. The van der Waals surface area contributed by atoms with Crippen molar-refractivity contribution < 1.29 is 9.90 Å². The van der Waals surface area contributed by atoms with Gasteiger partial charge in [-0.1, -0.05) is 96.0 Å². The van der Waals surface area contributed by atoms with E-state index in [-0.39, 0.29) is 11.9 Å². The Kier molecular flexibility index (Phi) is 9.28. The van der Waals surface area contributed by atoms with Gasteiger partial charge in [-0.3, -0.25) is 0 Å². The highest BCUT2D eigenvalue weighted by Gasteiger charge is 2.32. The quantitative estimate of drug-likeness (QED) is 0.193. The number of fused-ring (bicyclic) bond motifs is 1. The van der Waals surface area contributed by atoms with Crippen LogP contribution in [-0.2, 0) is 6.42 Å². The molecule has 1 atom stereocenters. The molecule has 0 saturated carbocycles. The number of hydrogen-bond acceptors (Lipinski definition) is 3. The van der Waals surface area contributed by atoms with Gasteiger partial charge in [0.1, 0.15) is 0 Å². The van der Waals surface area contributed by atoms with Gasteiger partial charge < -0.3 is 20.6 Å². The van der Waals surface area contributed by atoms with Gasteiger partial charge in [-0.05, 0) is 60.5 Å². The van der Waals surface area contributed by atoms with Crippen LogP contribution in [0.4, 0.5) is 10.5 Å². The summed E-state index contributed by atoms with van der Waals surface area (Å²) in [6.07, 6.45) is 3.00. The minimum atomic E-state index is -0.664. The number of halogens is 2. The third kappa shape index (κ3) is 7.35. The van der Waals surface area contributed by atoms with Crippen molar-refractivity contribution >= 4 is 45.7 Å². The zero-order chi connectivity index (χ0) is 28.0. The number of nitrogens with zero attached hydrogens (tertiary/aromatic N) is 1. The molecule has 4 aromatic rings. The molecule has 5 rings (SSSR count). The Morgan fingerprint density at radius 1 is 0.900 bits per heavy atom. The average Bonchev–Trinajstić information content (AvgIpc) is 2.96. The summed E-state index contributed by atoms with van der Waals surface area (Å²) in [7, 11) is 0. The number of anilines is 1. The third-order valence-electron chi connectivity index (χ3n) is 7.92. The van der Waals surface area contributed by atoms with Crippen LogP contribution in [0.3, 0.4) is 0 Å². The molecule has 1 unspecified atom stereocenters. The van der Waals surface area contributed by atoms with Crippen LogP contribution in [0.1, 0.15) is 36.3 Å². The van der Waals surface area contributed by atoms with Gasteiger partial charge in [0.2, 0.25) is 0 Å². The van der Waals surface area contributed by atoms with Crippen LogP contribution in [0, 0.1) is 0 Å². The summed E-state index contributed by atoms with van der Waals surface area (Å²) in [5.74, 6) is 0.0539. The van der Waals surface area contributed by atoms with Gasteiger partial charge >= 0.3 is 6.03 Å². The molecule has 0 bridgehead atoms. The van der Waals surface area contributed by atoms with E-state index in [0.29, 0.717) is 23.0 Å². The van der Waals surface area contributed by atoms with E-state index in [4.69, 9.17) is 23.2 Å². The molecule has 1 saturated heterocycles. The number of amides is 2. The Morgan fingerprint density at radius 2 is 1.62 bits per heavy atom. The molecule has 5 nitrogen and oxygen atoms in total. The number of carbonyl (C=O) groups is 1. The Morgan fingerprint density at radius 3 is 2.40 bits per heavy atom. The molecule has 1 aliphatic rings. The number of carbonyl (C=O) groups excluding carboxylic acids is 1. The predicted octanol–water partition coefficient (Wildman–Crippen LogP) is 7.51. The number of aliphatic hydroxyl groups is 1. The highest BCUT2D eigenvalue weighted by atomic mass is 35.5. The normalized spacial score (nSPS) is 16.0. The fourth-order valence-corrected chi connectivity index (χ4v) is 5.86. The zero-order valence-electron chi connectivity index (χ0n) is 22.5. The highest BCUT2D eigenvalue weighted by Crippen LogP contribution is 2.30. The average molecular weight is 577 g/mol. The Labute approximate surface area is 246 Å². The molecule has 4 aromatic carbocycles. The SMILES string of the molecule is O=C(NCC(CCN1CCC(O)(Cc2ccccc2)CC1)c1ccc(Cl)c(Cl)c1)Nc1cccc2ccccc12. The molecule has 7 heteroatoms. The molecular weight excluding hydrogens is 541 g/mol. The van der Waals surface area contributed by atoms with E-state index in [1.165, 1.54) is 5.56 Å². The highest BCUT2D eigenvalue weighted by molar-refractivity contribution is 6.42. The van der Waals surface area contributed by atoms with Crippen LogP contribution < -0.4 is 10.6 Å². The van der Waals surface area contributed by atoms with E-state index in [1.807, 2.05) is 78.9 Å². The molecule has 0 spiro atoms. The summed E-state index contributed by atoms with van der Waals surface area (Å²) in [6, 6.07) is 29.5. The van der Waals surface area contributed by atoms with Gasteiger partial charge in [-0.2, -0.15) is 0 Å². The summed E-state index contributed by atoms with van der Waals surface area (Å²) in [5.41, 5.74) is 2.32. The number of urea groups is 1. The maximum atomic E-state index is 12.9. The van der Waals surface area contributed by atoms with E-state index in [1.54, 1.807) is 0 Å². The lowest BCUT2D eigenvalue weighted by molar-refractivity contribution is -0.0210. The lowest BCUT2D eigenvalue weighted by Crippen LogP contribution is -2.46. The summed E-state index contributed by atoms with van der Waals surface area (Å²) in [5, 5.41) is 20.4. The zero-order valence-corrected chi connectivity index (χ0v) is 24.0. The van der Waals surface area contributed by atoms with Crippen molar-refractivity contribution in [1.82, 2.24) is 10.2 Å². The molecule has 0 radical (unpaired) electrons. The van der Waals surface area contributed by atoms with Gasteiger partial charge in [-0.15, -0.1) is 0 Å². The van der Waals surface area contributed by atoms with Crippen LogP contribution >= 0.6 is 23.2 Å². The number of likely N-dealkylation sites (tertiary alicyclic amines) is 1. The van der Waals surface area contributed by atoms with Gasteiger partial charge in [0, 0.05) is 37.4 Å². The number of benzene rings is 4. The number of piperidine rings is 1. The van der Waals surface area contributed by atoms with Crippen molar-refractivity contribution in [3.8, 4) is 0 Å². The van der Waals surface area contributed by atoms with Crippen molar-refractivity contribution in [3.05, 3.63) is 112 Å². The maximum Gasteiger partial charge on any atom is 0.319 e. The summed E-state index contributed by atoms with van der Waals surface area (Å²) in [4.78, 5) is 15.3. The first-order chi connectivity index (χ1) is 19.4. The van der Waals surface area contributed by atoms with E-state index in [2.05, 4.69) is 27.7 Å². The van der Waals surface area contributed by atoms with Crippen LogP contribution in [0.2, 0.25) is 10.0 Å². The topological polar surface area (TPSA) is 64.6 Å². The van der Waals surface area contributed by atoms with Crippen LogP contribution in [0.15, 0.2) is 91.0 Å². The van der Waals surface area contributed by atoms with Crippen LogP contribution in [0.5, 0.6) is 0 Å². The van der Waals surface area contributed by atoms with Crippen molar-refractivity contribution in [1.29, 1.82) is 0 Å². The first-order valence-corrected chi connectivity index (χ1v) is 14.6. The van der Waals surface area contributed by atoms with Gasteiger partial charge in [0.25, 0.3) is 0 Å². The smallest absolute Gasteiger partial charge is 0.319 e. The second-order valence-corrected chi connectivity index (χ2v) is 11.6. The summed E-state index contributed by atoms with van der Waals surface area (Å²) < 4.78 is 0. The second-order valence-electron chi connectivity index (χ2n) is 10.7. The standard InChI is InChI=1S/C33H35Cl2N3O2/c34-29-14-13-26(21-30(29)35)27(23-36-32(39)37-31-12-6-10-25-9-4-5-11-28(25)31)15-18-38-19-16-33(40,17-20-38)22-24-7-2-1-3-8-24/h1-14,21,27,40H,15-20,22-23H2,(H2,36,37,39). The minimum Gasteiger partial charge on any atom is -0.389 e. The Hall–Kier alpha value is -3.09. The second kappa shape index (κ2) is 13.0. The molecule has 40 heavy (non-hydrogen) atoms. The molecule has 0 aliphatic carbocycles. The van der Waals surface area contributed by atoms with E-state index in [9.17, 15) is 9.90 Å². The van der Waals surface area contributed by atoms with E-state index < -0.39 is 5.60 Å². The molecule has 208 valence electrons. The lowest BCUT2D eigenvalue weighted by Gasteiger charge is -2.39. The Balaban J connectivity index is 1.19. The van der Waals surface area contributed by atoms with E-state index in [0.717, 1.165) is 60.9 Å². The van der Waals surface area contributed by atoms with Crippen LogP contribution in [-0.4, -0.2) is 47.8 Å². The van der Waals surface area contributed by atoms with E-state index >= 15 is 0 Å². The monoisotopic (exact) mass is 575 g/mol. The number of nitrogens with one attached hydrogen (secondary N) is 2. The third-order valence-corrected chi connectivity index (χ3v) is 8.66. The van der Waals surface area contributed by atoms with Crippen molar-refractivity contribution in [3.63, 3.8) is 0 Å². The molecule has 1 fully saturated rings. The fourth-order valence-electron chi connectivity index (χ4n) is 5.55. The summed E-state index contributed by atoms with van der Waals surface area (Å²) >= 11 is 12.6. The first-order valence-electron chi connectivity index (χ1n) is 13.8. The van der Waals surface area contributed by atoms with Crippen molar-refractivity contribution in [2.45, 2.75) is 37.2 Å². The lowest BCUT2D eigenvalue weighted by atomic mass is 9.85. The Bertz CT molecular complexity index is 1430. The van der Waals surface area contributed by atoms with Crippen LogP contribution in [0.25, 0.3) is 10.8 Å². The molecule has 3 N–H and O–H groups in total. The fraction of sp³-hybridized carbons (Fsp3) is 0.303. The first kappa shape index (κ1) is 28.4. The summed E-state index contributed by atoms with van der Waals surface area (Å²) in [6.45, 7) is 3.00. The predicted molar refractivity (Wildman–Crippen MR) is 166 cm³/mol. The molecule has 1 aliphatic heterocycles. The van der Waals surface area contributed by atoms with Crippen molar-refractivity contribution in [2.75, 3.05) is 31.5 Å². The van der Waals surface area contributed by atoms with Gasteiger partial charge in [0.15, 0.2) is 0 Å². The number of rotatable bonds is 9. The molecular formula is C33H35Cl2N3O2. The molecule has 2 amide bonds. The largest absolute Gasteiger partial charge is 0.389 e. The minimum absolute atomic E-state index is 0.0539. The number of hydrogen-bond donors (Lipinski definition) is 3. The maximum absolute atomic E-state index is 12.9. The molecule has 1 heterocycles. The van der Waals surface area contributed by atoms with Gasteiger partial charge in [0.05, 0.1) is 21.3 Å². The van der Waals surface area contributed by atoms with Crippen molar-refractivity contribution in [2.24, 2.45) is 0 Å². The van der Waals surface area contributed by atoms with Gasteiger partial charge in [-0.25, -0.2) is 4.79 Å².